The lowest BCUT2D eigenvalue weighted by atomic mass is 9.92. The third-order valence-electron chi connectivity index (χ3n) is 16.3. The number of carbonyl (C=O) groups excluding carboxylic acids is 10. The highest BCUT2D eigenvalue weighted by atomic mass is 16.5. The molecule has 9 aromatic rings. The van der Waals surface area contributed by atoms with Gasteiger partial charge in [0.1, 0.15) is 41.1 Å². The SMILES string of the molecule is CC(=O)Nc1cccc2c1C(=O)N(c1ccc3ccccc3c1)C2=O.CCOc1ccc2ccccc2c1CC1C(=O)NC(=O)NC1=O.COc1ccc(OCC(=O)N(C)/N=C2\C(=O)C(C)c3c(C)cccc32)cc1.Cc1ccc(C(=O)CN=C2C(=O)Cc3ccccc32)cc1. The number of benzene rings is 9. The quantitative estimate of drug-likeness (QED) is 0.0396. The zero-order chi connectivity index (χ0) is 68.3. The van der Waals surface area contributed by atoms with Crippen LogP contribution in [0, 0.1) is 19.8 Å². The van der Waals surface area contributed by atoms with E-state index in [1.54, 1.807) is 67.8 Å². The van der Waals surface area contributed by atoms with E-state index in [-0.39, 0.29) is 66.1 Å². The molecule has 0 spiro atoms. The summed E-state index contributed by atoms with van der Waals surface area (Å²) in [6.07, 6.45) is 0.551. The summed E-state index contributed by atoms with van der Waals surface area (Å²) < 4.78 is 16.2. The average molecular weight is 1290 g/mol. The number of rotatable bonds is 14. The lowest BCUT2D eigenvalue weighted by Crippen LogP contribution is -2.56. The van der Waals surface area contributed by atoms with Crippen LogP contribution in [0.2, 0.25) is 0 Å². The first-order chi connectivity index (χ1) is 46.2. The van der Waals surface area contributed by atoms with Gasteiger partial charge in [-0.2, -0.15) is 5.10 Å². The van der Waals surface area contributed by atoms with E-state index in [4.69, 9.17) is 14.2 Å². The second-order valence-electron chi connectivity index (χ2n) is 22.8. The maximum Gasteiger partial charge on any atom is 0.328 e. The minimum Gasteiger partial charge on any atom is -0.497 e. The van der Waals surface area contributed by atoms with Crippen molar-refractivity contribution in [1.29, 1.82) is 0 Å². The van der Waals surface area contributed by atoms with Crippen molar-refractivity contribution in [2.75, 3.05) is 44.1 Å². The fourth-order valence-electron chi connectivity index (χ4n) is 11.5. The third kappa shape index (κ3) is 14.9. The number of fused-ring (bicyclic) bond motifs is 5. The zero-order valence-corrected chi connectivity index (χ0v) is 53.7. The van der Waals surface area contributed by atoms with Gasteiger partial charge in [0.15, 0.2) is 24.0 Å². The number of hydrogen-bond acceptors (Lipinski definition) is 15. The summed E-state index contributed by atoms with van der Waals surface area (Å²) in [6, 6.07) is 56.4. The predicted octanol–water partition coefficient (Wildman–Crippen LogP) is 11.1. The van der Waals surface area contributed by atoms with E-state index in [0.29, 0.717) is 64.2 Å². The second-order valence-corrected chi connectivity index (χ2v) is 22.8. The van der Waals surface area contributed by atoms with Crippen LogP contribution in [0.4, 0.5) is 16.2 Å². The van der Waals surface area contributed by atoms with Crippen LogP contribution in [0.1, 0.15) is 96.7 Å². The number of anilines is 2. The number of aryl methyl sites for hydroxylation is 2. The van der Waals surface area contributed by atoms with Crippen molar-refractivity contribution in [3.63, 3.8) is 0 Å². The monoisotopic (exact) mass is 1290 g/mol. The van der Waals surface area contributed by atoms with Crippen molar-refractivity contribution in [2.24, 2.45) is 16.0 Å². The molecule has 20 heteroatoms. The number of hydrogen-bond donors (Lipinski definition) is 3. The largest absolute Gasteiger partial charge is 0.497 e. The van der Waals surface area contributed by atoms with Gasteiger partial charge < -0.3 is 19.5 Å². The molecule has 484 valence electrons. The molecule has 1 fully saturated rings. The Morgan fingerprint density at radius 1 is 0.656 bits per heavy atom. The van der Waals surface area contributed by atoms with Gasteiger partial charge in [-0.3, -0.25) is 58.8 Å². The molecule has 1 saturated heterocycles. The zero-order valence-electron chi connectivity index (χ0n) is 53.7. The van der Waals surface area contributed by atoms with Gasteiger partial charge in [0, 0.05) is 48.6 Å². The van der Waals surface area contributed by atoms with Gasteiger partial charge >= 0.3 is 6.03 Å². The van der Waals surface area contributed by atoms with Crippen molar-refractivity contribution < 1.29 is 62.2 Å². The maximum absolute atomic E-state index is 12.9. The van der Waals surface area contributed by atoms with E-state index in [2.05, 4.69) is 26.0 Å². The molecule has 3 N–H and O–H groups in total. The Balaban J connectivity index is 0.000000140. The first-order valence-corrected chi connectivity index (χ1v) is 30.8. The minimum absolute atomic E-state index is 0.00657. The highest BCUT2D eigenvalue weighted by molar-refractivity contribution is 6.51. The molecule has 20 nitrogen and oxygen atoms in total. The molecule has 0 radical (unpaired) electrons. The molecular weight excluding hydrogens is 1220 g/mol. The number of carbonyl (C=O) groups is 10. The van der Waals surface area contributed by atoms with Crippen molar-refractivity contribution >= 4 is 103 Å². The van der Waals surface area contributed by atoms with Crippen LogP contribution < -0.4 is 35.1 Å². The summed E-state index contributed by atoms with van der Waals surface area (Å²) >= 11 is 0. The van der Waals surface area contributed by atoms with Crippen molar-refractivity contribution in [1.82, 2.24) is 15.6 Å². The number of nitrogens with one attached hydrogen (secondary N) is 3. The van der Waals surface area contributed by atoms with E-state index < -0.39 is 29.7 Å². The van der Waals surface area contributed by atoms with E-state index in [1.807, 2.05) is 155 Å². The smallest absolute Gasteiger partial charge is 0.328 e. The molecule has 9 aromatic carbocycles. The molecule has 4 aliphatic rings. The number of hydrazone groups is 1. The van der Waals surface area contributed by atoms with Crippen LogP contribution in [0.25, 0.3) is 21.5 Å². The van der Waals surface area contributed by atoms with Gasteiger partial charge in [0.25, 0.3) is 17.7 Å². The first-order valence-electron chi connectivity index (χ1n) is 30.8. The summed E-state index contributed by atoms with van der Waals surface area (Å²) in [4.78, 5) is 127. The molecule has 2 heterocycles. The molecule has 0 saturated carbocycles. The number of methoxy groups -OCH3 is 1. The van der Waals surface area contributed by atoms with Gasteiger partial charge in [0.2, 0.25) is 17.7 Å². The van der Waals surface area contributed by atoms with E-state index in [1.165, 1.54) is 19.0 Å². The Morgan fingerprint density at radius 2 is 1.29 bits per heavy atom. The van der Waals surface area contributed by atoms with Crippen LogP contribution in [0.15, 0.2) is 198 Å². The lowest BCUT2D eigenvalue weighted by Gasteiger charge is -2.22. The molecule has 1 atom stereocenters. The number of ether oxygens (including phenoxy) is 3. The Bertz CT molecular complexity index is 4650. The summed E-state index contributed by atoms with van der Waals surface area (Å²) in [5, 5.41) is 16.2. The number of likely N-dealkylation sites (N-methyl/N-ethyl adjacent to an activating group) is 1. The summed E-state index contributed by atoms with van der Waals surface area (Å²) in [5.74, 6) is -2.09. The number of ketones is 3. The molecule has 0 bridgehead atoms. The minimum atomic E-state index is -0.960. The fraction of sp³-hybridized carbons (Fsp3) is 0.184. The molecule has 13 rings (SSSR count). The Morgan fingerprint density at radius 3 is 2.00 bits per heavy atom. The van der Waals surface area contributed by atoms with E-state index in [0.717, 1.165) is 65.4 Å². The predicted molar refractivity (Wildman–Crippen MR) is 364 cm³/mol. The number of nitrogens with zero attached hydrogens (tertiary/aromatic N) is 4. The van der Waals surface area contributed by atoms with Gasteiger partial charge in [-0.05, 0) is 120 Å². The number of imide groups is 3. The van der Waals surface area contributed by atoms with Crippen LogP contribution in [0.5, 0.6) is 17.2 Å². The summed E-state index contributed by atoms with van der Waals surface area (Å²) in [7, 11) is 3.11. The average Bonchev–Trinajstić information content (AvgIpc) is 1.59. The fourth-order valence-corrected chi connectivity index (χ4v) is 11.5. The molecule has 2 aliphatic heterocycles. The van der Waals surface area contributed by atoms with Crippen LogP contribution in [0.3, 0.4) is 0 Å². The summed E-state index contributed by atoms with van der Waals surface area (Å²) in [6.45, 7) is 9.37. The Labute approximate surface area is 553 Å². The maximum atomic E-state index is 12.9. The standard InChI is InChI=1S/C21H22N2O4.C20H14N2O3.C18H15NO2.C17H16N2O4/c1-13-6-5-7-17-19(13)14(2)21(25)20(17)22-23(3)18(24)12-27-16-10-8-15(26-4)9-11-16;1-12(23)21-17-8-4-7-16-18(17)20(25)22(19(16)24)15-10-9-13-5-2-3-6-14(13)11-15;1-12-6-8-13(9-7-12)17(21)11-19-18-15-5-3-2-4-14(15)10-16(18)20;1-2-23-14-8-7-10-5-3-4-6-11(10)12(14)9-13-15(20)18-17(22)19-16(13)21/h5-11,14H,12H2,1-4H3;2-11H,1H3,(H,21,23);2-9H,10-11H2,1H3;3-8,13H,2,9H2,1H3,(H2,18,19,20,21,22)/b22-20-;;;. The van der Waals surface area contributed by atoms with Gasteiger partial charge in [0.05, 0.1) is 36.2 Å². The highest BCUT2D eigenvalue weighted by Gasteiger charge is 2.40. The van der Waals surface area contributed by atoms with Gasteiger partial charge in [-0.1, -0.05) is 146 Å². The molecule has 2 aliphatic carbocycles. The number of barbiturate groups is 1. The van der Waals surface area contributed by atoms with E-state index in [9.17, 15) is 47.9 Å². The van der Waals surface area contributed by atoms with E-state index >= 15 is 0 Å². The van der Waals surface area contributed by atoms with Crippen molar-refractivity contribution in [3.8, 4) is 17.2 Å². The van der Waals surface area contributed by atoms with Crippen LogP contribution in [-0.2, 0) is 41.6 Å². The highest BCUT2D eigenvalue weighted by Crippen LogP contribution is 2.36. The van der Waals surface area contributed by atoms with Gasteiger partial charge in [-0.25, -0.2) is 14.7 Å². The summed E-state index contributed by atoms with van der Waals surface area (Å²) in [5.41, 5.74) is 9.35. The Hall–Kier alpha value is -12.1. The van der Waals surface area contributed by atoms with Crippen molar-refractivity contribution in [2.45, 2.75) is 53.4 Å². The molecule has 1 unspecified atom stereocenters. The van der Waals surface area contributed by atoms with Crippen molar-refractivity contribution in [3.05, 3.63) is 244 Å². The Kier molecular flexibility index (Phi) is 20.7. The normalized spacial score (nSPS) is 15.3. The molecule has 8 amide bonds. The van der Waals surface area contributed by atoms with Gasteiger partial charge in [-0.15, -0.1) is 0 Å². The topological polar surface area (TPSA) is 266 Å². The van der Waals surface area contributed by atoms with Crippen LogP contribution >= 0.6 is 0 Å². The first kappa shape index (κ1) is 66.8. The number of Topliss-reactive ketones (excluding diaryl/α,β-unsaturated/α-hetero) is 3. The molecule has 0 aromatic heterocycles. The number of amides is 8. The lowest BCUT2D eigenvalue weighted by molar-refractivity contribution is -0.136. The van der Waals surface area contributed by atoms with Crippen LogP contribution in [-0.4, -0.2) is 109 Å². The molecule has 96 heavy (non-hydrogen) atoms. The number of urea groups is 1. The third-order valence-corrected chi connectivity index (χ3v) is 16.3. The second kappa shape index (κ2) is 29.7. The molecular formula is C76H67N7O13. The number of aliphatic imine (C=N–C) groups is 1.